The zero-order valence-corrected chi connectivity index (χ0v) is 25.3. The van der Waals surface area contributed by atoms with Crippen LogP contribution in [0.1, 0.15) is 53.7 Å². The molecule has 0 saturated heterocycles. The van der Waals surface area contributed by atoms with Crippen molar-refractivity contribution >= 4 is 42.6 Å². The smallest absolute Gasteiger partial charge is 0.289 e. The van der Waals surface area contributed by atoms with Crippen LogP contribution in [0.15, 0.2) is 113 Å². The van der Waals surface area contributed by atoms with Crippen molar-refractivity contribution in [1.29, 1.82) is 5.41 Å². The van der Waals surface area contributed by atoms with Crippen molar-refractivity contribution in [2.75, 3.05) is 0 Å². The van der Waals surface area contributed by atoms with Crippen LogP contribution >= 0.6 is 0 Å². The molecule has 0 unspecified atom stereocenters. The van der Waals surface area contributed by atoms with Crippen LogP contribution in [-0.4, -0.2) is 67.7 Å². The van der Waals surface area contributed by atoms with Crippen LogP contribution in [0, 0.1) is 5.41 Å². The van der Waals surface area contributed by atoms with E-state index in [2.05, 4.69) is 46.5 Å². The first kappa shape index (κ1) is 33.0. The molecule has 0 fully saturated rings. The lowest BCUT2D eigenvalue weighted by Gasteiger charge is -2.12. The molecular weight excluding hydrogens is 628 g/mol. The zero-order chi connectivity index (χ0) is 34.6. The number of nitrogens with one attached hydrogen (secondary N) is 4. The number of hydrogen-bond donors (Lipinski definition) is 6. The van der Waals surface area contributed by atoms with Crippen molar-refractivity contribution in [3.63, 3.8) is 0 Å². The lowest BCUT2D eigenvalue weighted by molar-refractivity contribution is 0.0942. The Balaban J connectivity index is 1.48. The molecule has 6 N–H and O–H groups in total. The van der Waals surface area contributed by atoms with E-state index in [-0.39, 0.29) is 50.8 Å². The quantitative estimate of drug-likeness (QED) is 0.0913. The van der Waals surface area contributed by atoms with Gasteiger partial charge in [-0.25, -0.2) is 16.3 Å². The molecule has 0 aliphatic carbocycles. The monoisotopic (exact) mass is 654 g/mol. The molecule has 0 saturated carbocycles. The summed E-state index contributed by atoms with van der Waals surface area (Å²) in [6.45, 7) is 0. The van der Waals surface area contributed by atoms with Crippen molar-refractivity contribution in [1.82, 2.24) is 31.2 Å². The highest BCUT2D eigenvalue weighted by molar-refractivity contribution is 5.99. The minimum absolute atomic E-state index is 0.124. The molecule has 2 aromatic carbocycles. The minimum atomic E-state index is -0.584. The maximum atomic E-state index is 12.4. The molecule has 3 aromatic heterocycles. The number of pyridine rings is 3. The molecule has 0 radical (unpaired) electrons. The predicted octanol–water partition coefficient (Wildman–Crippen LogP) is 3.24. The van der Waals surface area contributed by atoms with Crippen molar-refractivity contribution in [2.45, 2.75) is 0 Å². The highest BCUT2D eigenvalue weighted by Crippen LogP contribution is 2.32. The van der Waals surface area contributed by atoms with E-state index in [4.69, 9.17) is 5.41 Å². The van der Waals surface area contributed by atoms with Gasteiger partial charge in [-0.15, -0.1) is 0 Å². The maximum Gasteiger partial charge on any atom is 0.289 e. The third-order valence-corrected chi connectivity index (χ3v) is 6.63. The summed E-state index contributed by atoms with van der Waals surface area (Å²) in [6, 6.07) is 20.6. The van der Waals surface area contributed by atoms with Gasteiger partial charge in [-0.1, -0.05) is 18.2 Å². The third kappa shape index (κ3) is 8.44. The summed E-state index contributed by atoms with van der Waals surface area (Å²) in [5, 5.41) is 41.6. The van der Waals surface area contributed by atoms with Gasteiger partial charge in [0.25, 0.3) is 17.7 Å². The summed E-state index contributed by atoms with van der Waals surface area (Å²) >= 11 is 0. The SMILES string of the molecule is N=Cc1cc(-c2cc(C=NNC(=O)c3ccccn3)c(O)c(C=NNC(=O)c3ccccn3)c2)cc(C=NNC(=O)c2ccccn2)c1O. The first-order valence-corrected chi connectivity index (χ1v) is 14.3. The first-order valence-electron chi connectivity index (χ1n) is 14.3. The van der Waals surface area contributed by atoms with Crippen molar-refractivity contribution in [3.8, 4) is 22.6 Å². The van der Waals surface area contributed by atoms with E-state index in [0.29, 0.717) is 11.1 Å². The Bertz CT molecular complexity index is 2000. The molecule has 3 amide bonds. The Morgan fingerprint density at radius 1 is 0.551 bits per heavy atom. The number of aromatic hydroxyl groups is 2. The second-order valence-corrected chi connectivity index (χ2v) is 9.89. The minimum Gasteiger partial charge on any atom is -0.507 e. The fraction of sp³-hybridized carbons (Fsp3) is 0. The molecule has 15 nitrogen and oxygen atoms in total. The number of carbonyl (C=O) groups excluding carboxylic acids is 3. The summed E-state index contributed by atoms with van der Waals surface area (Å²) in [5.41, 5.74) is 8.88. The standard InChI is InChI=1S/C34H26N10O5/c35-17-23-13-21(14-24(30(23)45)18-39-42-32(47)27-7-1-4-10-36-27)22-15-25(19-40-43-33(48)28-8-2-5-11-37-28)31(46)26(16-22)20-41-44-34(49)29-9-3-6-12-38-29/h1-20,35,45-46H,(H,42,47)(H,43,48)(H,44,49). The van der Waals surface area contributed by atoms with Crippen LogP contribution in [0.2, 0.25) is 0 Å². The average molecular weight is 655 g/mol. The number of rotatable bonds is 11. The molecular formula is C34H26N10O5. The van der Waals surface area contributed by atoms with Gasteiger partial charge in [0.1, 0.15) is 28.6 Å². The molecule has 3 heterocycles. The normalized spacial score (nSPS) is 11.1. The van der Waals surface area contributed by atoms with Crippen LogP contribution in [0.5, 0.6) is 11.5 Å². The Kier molecular flexibility index (Phi) is 10.6. The number of hydrazone groups is 3. The summed E-state index contributed by atoms with van der Waals surface area (Å²) in [7, 11) is 0. The van der Waals surface area contributed by atoms with E-state index in [1.54, 1.807) is 54.6 Å². The summed E-state index contributed by atoms with van der Waals surface area (Å²) < 4.78 is 0. The van der Waals surface area contributed by atoms with Crippen molar-refractivity contribution in [3.05, 3.63) is 137 Å². The fourth-order valence-corrected chi connectivity index (χ4v) is 4.24. The lowest BCUT2D eigenvalue weighted by Crippen LogP contribution is -2.19. The summed E-state index contributed by atoms with van der Waals surface area (Å²) in [4.78, 5) is 49.1. The third-order valence-electron chi connectivity index (χ3n) is 6.63. The molecule has 5 aromatic rings. The number of aromatic nitrogens is 3. The first-order chi connectivity index (χ1) is 23.8. The van der Waals surface area contributed by atoms with E-state index in [9.17, 15) is 24.6 Å². The number of amides is 3. The molecule has 0 spiro atoms. The number of hydrogen-bond acceptors (Lipinski definition) is 12. The highest BCUT2D eigenvalue weighted by Gasteiger charge is 2.14. The van der Waals surface area contributed by atoms with Gasteiger partial charge in [0.2, 0.25) is 0 Å². The van der Waals surface area contributed by atoms with Gasteiger partial charge in [-0.05, 0) is 71.8 Å². The number of benzene rings is 2. The number of phenolic OH excluding ortho intramolecular Hbond substituents is 2. The second-order valence-electron chi connectivity index (χ2n) is 9.89. The molecule has 0 aliphatic heterocycles. The van der Waals surface area contributed by atoms with Gasteiger partial charge in [-0.3, -0.25) is 29.3 Å². The van der Waals surface area contributed by atoms with Crippen molar-refractivity contribution < 1.29 is 24.6 Å². The predicted molar refractivity (Wildman–Crippen MR) is 181 cm³/mol. The van der Waals surface area contributed by atoms with Crippen LogP contribution < -0.4 is 16.3 Å². The van der Waals surface area contributed by atoms with Crippen LogP contribution in [0.4, 0.5) is 0 Å². The Morgan fingerprint density at radius 3 is 1.18 bits per heavy atom. The molecule has 242 valence electrons. The largest absolute Gasteiger partial charge is 0.507 e. The van der Waals surface area contributed by atoms with Crippen molar-refractivity contribution in [2.24, 2.45) is 15.3 Å². The fourth-order valence-electron chi connectivity index (χ4n) is 4.24. The Morgan fingerprint density at radius 2 is 0.878 bits per heavy atom. The van der Waals surface area contributed by atoms with E-state index >= 15 is 0 Å². The average Bonchev–Trinajstić information content (AvgIpc) is 3.14. The molecule has 5 rings (SSSR count). The number of nitrogens with zero attached hydrogens (tertiary/aromatic N) is 6. The molecule has 15 heteroatoms. The van der Waals surface area contributed by atoms with E-state index < -0.39 is 17.7 Å². The van der Waals surface area contributed by atoms with E-state index in [1.807, 2.05) is 0 Å². The maximum absolute atomic E-state index is 12.4. The Hall–Kier alpha value is -7.42. The van der Waals surface area contributed by atoms with Crippen LogP contribution in [-0.2, 0) is 0 Å². The summed E-state index contributed by atoms with van der Waals surface area (Å²) in [5.74, 6) is -2.30. The second kappa shape index (κ2) is 15.7. The lowest BCUT2D eigenvalue weighted by atomic mass is 9.95. The van der Waals surface area contributed by atoms with Gasteiger partial charge >= 0.3 is 0 Å². The topological polar surface area (TPSA) is 227 Å². The zero-order valence-electron chi connectivity index (χ0n) is 25.3. The highest BCUT2D eigenvalue weighted by atomic mass is 16.3. The van der Waals surface area contributed by atoms with E-state index in [1.165, 1.54) is 61.5 Å². The van der Waals surface area contributed by atoms with E-state index in [0.717, 1.165) is 6.21 Å². The van der Waals surface area contributed by atoms with Gasteiger partial charge in [0, 0.05) is 47.1 Å². The summed E-state index contributed by atoms with van der Waals surface area (Å²) in [6.07, 6.45) is 8.93. The van der Waals surface area contributed by atoms with Gasteiger partial charge in [0.15, 0.2) is 0 Å². The molecule has 0 atom stereocenters. The Labute approximate surface area is 278 Å². The van der Waals surface area contributed by atoms with Gasteiger partial charge < -0.3 is 15.6 Å². The van der Waals surface area contributed by atoms with Crippen LogP contribution in [0.25, 0.3) is 11.1 Å². The molecule has 0 aliphatic rings. The number of phenols is 2. The van der Waals surface area contributed by atoms with Gasteiger partial charge in [0.05, 0.1) is 18.6 Å². The number of carbonyl (C=O) groups is 3. The van der Waals surface area contributed by atoms with Crippen LogP contribution in [0.3, 0.4) is 0 Å². The van der Waals surface area contributed by atoms with Gasteiger partial charge in [-0.2, -0.15) is 15.3 Å². The molecule has 0 bridgehead atoms. The molecule has 49 heavy (non-hydrogen) atoms.